The molecule has 4 nitrogen and oxygen atoms in total. The summed E-state index contributed by atoms with van der Waals surface area (Å²) in [4.78, 5) is 16.6. The summed E-state index contributed by atoms with van der Waals surface area (Å²) in [6.45, 7) is 6.27. The molecule has 1 aromatic heterocycles. The second kappa shape index (κ2) is 5.29. The maximum atomic E-state index is 11.3. The smallest absolute Gasteiger partial charge is 0.228 e. The first-order valence-corrected chi connectivity index (χ1v) is 6.47. The van der Waals surface area contributed by atoms with Crippen LogP contribution in [-0.2, 0) is 11.3 Å². The van der Waals surface area contributed by atoms with Crippen LogP contribution in [0.25, 0.3) is 5.57 Å². The number of hydrogen-bond donors (Lipinski definition) is 2. The number of hydrogen-bond acceptors (Lipinski definition) is 4. The van der Waals surface area contributed by atoms with Gasteiger partial charge in [-0.1, -0.05) is 12.7 Å². The minimum absolute atomic E-state index is 0.0107. The van der Waals surface area contributed by atoms with E-state index in [1.807, 2.05) is 19.1 Å². The van der Waals surface area contributed by atoms with Crippen molar-refractivity contribution in [3.05, 3.63) is 46.1 Å². The highest BCUT2D eigenvalue weighted by molar-refractivity contribution is 7.12. The maximum absolute atomic E-state index is 11.3. The average Bonchev–Trinajstić information content (AvgIpc) is 2.93. The van der Waals surface area contributed by atoms with E-state index < -0.39 is 0 Å². The van der Waals surface area contributed by atoms with E-state index in [9.17, 15) is 4.79 Å². The number of nitrogens with two attached hydrogens (primary N) is 1. The predicted octanol–water partition coefficient (Wildman–Crippen LogP) is 1.97. The Morgan fingerprint density at radius 1 is 1.72 bits per heavy atom. The van der Waals surface area contributed by atoms with Gasteiger partial charge in [0.15, 0.2) is 0 Å². The lowest BCUT2D eigenvalue weighted by Crippen LogP contribution is -2.10. The molecule has 18 heavy (non-hydrogen) atoms. The fourth-order valence-corrected chi connectivity index (χ4v) is 2.54. The van der Waals surface area contributed by atoms with Crippen LogP contribution >= 0.6 is 11.3 Å². The molecular weight excluding hydrogens is 246 g/mol. The Balaban J connectivity index is 2.28. The van der Waals surface area contributed by atoms with Gasteiger partial charge in [-0.15, -0.1) is 11.3 Å². The van der Waals surface area contributed by atoms with Gasteiger partial charge in [0.1, 0.15) is 5.01 Å². The van der Waals surface area contributed by atoms with Gasteiger partial charge in [0.2, 0.25) is 5.91 Å². The third-order valence-electron chi connectivity index (χ3n) is 2.67. The molecule has 0 bridgehead atoms. The van der Waals surface area contributed by atoms with E-state index in [1.54, 1.807) is 17.5 Å². The fraction of sp³-hybridized carbons (Fsp3) is 0.231. The third kappa shape index (κ3) is 2.57. The summed E-state index contributed by atoms with van der Waals surface area (Å²) in [5.74, 6) is -0.0107. The number of rotatable bonds is 3. The van der Waals surface area contributed by atoms with Crippen LogP contribution in [0.4, 0.5) is 0 Å². The van der Waals surface area contributed by atoms with Gasteiger partial charge in [0.05, 0.1) is 6.42 Å². The molecule has 1 aromatic rings. The second-order valence-electron chi connectivity index (χ2n) is 3.95. The van der Waals surface area contributed by atoms with Crippen molar-refractivity contribution < 1.29 is 4.79 Å². The molecule has 2 rings (SSSR count). The number of aromatic nitrogens is 1. The van der Waals surface area contributed by atoms with Crippen molar-refractivity contribution in [2.75, 3.05) is 0 Å². The van der Waals surface area contributed by atoms with Gasteiger partial charge in [-0.05, 0) is 18.6 Å². The van der Waals surface area contributed by atoms with Crippen LogP contribution in [0.3, 0.4) is 0 Å². The normalized spacial score (nSPS) is 18.6. The van der Waals surface area contributed by atoms with Crippen LogP contribution in [0, 0.1) is 0 Å². The van der Waals surface area contributed by atoms with Crippen molar-refractivity contribution in [2.24, 2.45) is 5.73 Å². The van der Waals surface area contributed by atoms with Gasteiger partial charge in [0, 0.05) is 28.9 Å². The Bertz CT molecular complexity index is 554. The van der Waals surface area contributed by atoms with E-state index in [0.717, 1.165) is 21.0 Å². The standard InChI is InChI=1S/C13H15N3OS/c1-3-9(13-15-7-11(6-14)18-13)4-10-5-12(17)16-8(10)2/h3-4,7H,2,5-6,14H2,1H3,(H,16,17)/b9-3+,10-4-. The molecule has 1 saturated heterocycles. The van der Waals surface area contributed by atoms with E-state index in [2.05, 4.69) is 16.9 Å². The molecule has 0 aromatic carbocycles. The topological polar surface area (TPSA) is 68.0 Å². The molecule has 0 radical (unpaired) electrons. The van der Waals surface area contributed by atoms with Crippen molar-refractivity contribution >= 4 is 22.8 Å². The van der Waals surface area contributed by atoms with Crippen molar-refractivity contribution in [3.8, 4) is 0 Å². The first-order valence-electron chi connectivity index (χ1n) is 5.65. The van der Waals surface area contributed by atoms with Crippen LogP contribution in [0.1, 0.15) is 23.2 Å². The van der Waals surface area contributed by atoms with Gasteiger partial charge in [-0.25, -0.2) is 4.98 Å². The Morgan fingerprint density at radius 3 is 3.00 bits per heavy atom. The van der Waals surface area contributed by atoms with Gasteiger partial charge >= 0.3 is 0 Å². The number of carbonyl (C=O) groups is 1. The molecule has 0 spiro atoms. The molecule has 0 saturated carbocycles. The SMILES string of the molecule is C=C1NC(=O)C/C1=C/C(=C\C)c1ncc(CN)s1. The highest BCUT2D eigenvalue weighted by atomic mass is 32.1. The van der Waals surface area contributed by atoms with E-state index in [1.165, 1.54) is 0 Å². The van der Waals surface area contributed by atoms with E-state index in [0.29, 0.717) is 18.7 Å². The number of allylic oxidation sites excluding steroid dienone is 4. The van der Waals surface area contributed by atoms with E-state index >= 15 is 0 Å². The van der Waals surface area contributed by atoms with E-state index in [-0.39, 0.29) is 5.91 Å². The number of thiazole rings is 1. The van der Waals surface area contributed by atoms with Crippen molar-refractivity contribution in [3.63, 3.8) is 0 Å². The van der Waals surface area contributed by atoms with Gasteiger partial charge < -0.3 is 11.1 Å². The van der Waals surface area contributed by atoms with Crippen LogP contribution < -0.4 is 11.1 Å². The molecule has 1 amide bonds. The minimum Gasteiger partial charge on any atom is -0.326 e. The predicted molar refractivity (Wildman–Crippen MR) is 73.6 cm³/mol. The lowest BCUT2D eigenvalue weighted by molar-refractivity contribution is -0.118. The lowest BCUT2D eigenvalue weighted by atomic mass is 10.1. The molecule has 1 fully saturated rings. The summed E-state index contributed by atoms with van der Waals surface area (Å²) < 4.78 is 0. The van der Waals surface area contributed by atoms with Crippen LogP contribution in [0.5, 0.6) is 0 Å². The second-order valence-corrected chi connectivity index (χ2v) is 5.07. The van der Waals surface area contributed by atoms with Crippen LogP contribution in [-0.4, -0.2) is 10.9 Å². The molecule has 0 atom stereocenters. The molecule has 5 heteroatoms. The Hall–Kier alpha value is -1.72. The third-order valence-corrected chi connectivity index (χ3v) is 3.74. The van der Waals surface area contributed by atoms with Crippen LogP contribution in [0.2, 0.25) is 0 Å². The molecule has 0 unspecified atom stereocenters. The largest absolute Gasteiger partial charge is 0.326 e. The molecule has 0 aliphatic carbocycles. The summed E-state index contributed by atoms with van der Waals surface area (Å²) in [7, 11) is 0. The van der Waals surface area contributed by atoms with Crippen molar-refractivity contribution in [1.82, 2.24) is 10.3 Å². The molecule has 1 aliphatic rings. The Labute approximate surface area is 110 Å². The van der Waals surface area contributed by atoms with Crippen molar-refractivity contribution in [1.29, 1.82) is 0 Å². The fourth-order valence-electron chi connectivity index (χ4n) is 1.70. The molecule has 1 aliphatic heterocycles. The number of amides is 1. The minimum atomic E-state index is -0.0107. The zero-order valence-electron chi connectivity index (χ0n) is 10.2. The molecular formula is C13H15N3OS. The maximum Gasteiger partial charge on any atom is 0.228 e. The Morgan fingerprint density at radius 2 is 2.50 bits per heavy atom. The van der Waals surface area contributed by atoms with Crippen LogP contribution in [0.15, 0.2) is 36.2 Å². The zero-order chi connectivity index (χ0) is 13.1. The van der Waals surface area contributed by atoms with Gasteiger partial charge in [-0.2, -0.15) is 0 Å². The zero-order valence-corrected chi connectivity index (χ0v) is 11.0. The summed E-state index contributed by atoms with van der Waals surface area (Å²) in [5, 5.41) is 3.61. The van der Waals surface area contributed by atoms with E-state index in [4.69, 9.17) is 5.73 Å². The lowest BCUT2D eigenvalue weighted by Gasteiger charge is -2.00. The summed E-state index contributed by atoms with van der Waals surface area (Å²) in [6, 6.07) is 0. The molecule has 94 valence electrons. The average molecular weight is 261 g/mol. The monoisotopic (exact) mass is 261 g/mol. The number of nitrogens with zero attached hydrogens (tertiary/aromatic N) is 1. The highest BCUT2D eigenvalue weighted by Crippen LogP contribution is 2.26. The first kappa shape index (κ1) is 12.7. The van der Waals surface area contributed by atoms with Gasteiger partial charge in [0.25, 0.3) is 0 Å². The molecule has 2 heterocycles. The highest BCUT2D eigenvalue weighted by Gasteiger charge is 2.19. The van der Waals surface area contributed by atoms with Gasteiger partial charge in [-0.3, -0.25) is 4.79 Å². The summed E-state index contributed by atoms with van der Waals surface area (Å²) in [6.07, 6.45) is 6.10. The van der Waals surface area contributed by atoms with Crippen molar-refractivity contribution in [2.45, 2.75) is 19.9 Å². The quantitative estimate of drug-likeness (QED) is 0.874. The first-order chi connectivity index (χ1) is 8.63. The summed E-state index contributed by atoms with van der Waals surface area (Å²) >= 11 is 1.57. The Kier molecular flexibility index (Phi) is 3.74. The molecule has 3 N–H and O–H groups in total. The summed E-state index contributed by atoms with van der Waals surface area (Å²) in [5.41, 5.74) is 8.16. The number of nitrogens with one attached hydrogen (secondary N) is 1. The number of carbonyl (C=O) groups excluding carboxylic acids is 1.